The smallest absolute Gasteiger partial charge is 0.151 e. The summed E-state index contributed by atoms with van der Waals surface area (Å²) in [6.07, 6.45) is 2.84. The summed E-state index contributed by atoms with van der Waals surface area (Å²) >= 11 is 5.88. The van der Waals surface area contributed by atoms with Crippen LogP contribution in [0.4, 0.5) is 11.5 Å². The molecule has 1 aliphatic rings. The van der Waals surface area contributed by atoms with Crippen molar-refractivity contribution in [3.05, 3.63) is 17.3 Å². The van der Waals surface area contributed by atoms with Crippen LogP contribution in [0.15, 0.2) is 12.3 Å². The number of nitrogens with two attached hydrogens (primary N) is 1. The lowest BCUT2D eigenvalue weighted by molar-refractivity contribution is 0.232. The van der Waals surface area contributed by atoms with Gasteiger partial charge in [0, 0.05) is 25.3 Å². The lowest BCUT2D eigenvalue weighted by atomic mass is 10.2. The van der Waals surface area contributed by atoms with Crippen LogP contribution in [0.25, 0.3) is 0 Å². The zero-order valence-corrected chi connectivity index (χ0v) is 11.8. The first kappa shape index (κ1) is 13.4. The summed E-state index contributed by atoms with van der Waals surface area (Å²) in [6, 6.07) is 2.38. The number of halogens is 1. The van der Waals surface area contributed by atoms with Crippen molar-refractivity contribution in [3.63, 3.8) is 0 Å². The molecule has 1 saturated heterocycles. The lowest BCUT2D eigenvalue weighted by Gasteiger charge is -2.26. The molecule has 0 bridgehead atoms. The van der Waals surface area contributed by atoms with Crippen LogP contribution in [0.3, 0.4) is 0 Å². The number of nitrogens with zero attached hydrogens (tertiary/aromatic N) is 3. The van der Waals surface area contributed by atoms with Gasteiger partial charge in [-0.1, -0.05) is 25.4 Å². The molecule has 0 saturated carbocycles. The Morgan fingerprint density at radius 3 is 2.83 bits per heavy atom. The third-order valence-corrected chi connectivity index (χ3v) is 3.86. The van der Waals surface area contributed by atoms with Crippen molar-refractivity contribution in [1.29, 1.82) is 0 Å². The van der Waals surface area contributed by atoms with E-state index in [0.29, 0.717) is 16.8 Å². The molecule has 100 valence electrons. The van der Waals surface area contributed by atoms with Crippen molar-refractivity contribution in [2.45, 2.75) is 26.3 Å². The zero-order valence-electron chi connectivity index (χ0n) is 11.1. The summed E-state index contributed by atoms with van der Waals surface area (Å²) in [7, 11) is 0. The van der Waals surface area contributed by atoms with E-state index in [2.05, 4.69) is 28.6 Å². The molecule has 2 heterocycles. The number of likely N-dealkylation sites (N-methyl/N-ethyl adjacent to an activating group) is 1. The molecule has 0 radical (unpaired) electrons. The Bertz CT molecular complexity index is 406. The molecule has 2 N–H and O–H groups in total. The van der Waals surface area contributed by atoms with Gasteiger partial charge in [-0.2, -0.15) is 0 Å². The zero-order chi connectivity index (χ0) is 13.1. The van der Waals surface area contributed by atoms with Crippen LogP contribution in [0.2, 0.25) is 5.02 Å². The van der Waals surface area contributed by atoms with Crippen molar-refractivity contribution in [3.8, 4) is 0 Å². The van der Waals surface area contributed by atoms with Gasteiger partial charge >= 0.3 is 0 Å². The van der Waals surface area contributed by atoms with Crippen LogP contribution < -0.4 is 10.6 Å². The number of nitrogen functional groups attached to an aromatic ring is 1. The third-order valence-electron chi connectivity index (χ3n) is 3.65. The summed E-state index contributed by atoms with van der Waals surface area (Å²) in [6.45, 7) is 8.62. The standard InChI is InChI=1S/C13H21ClN4/c1-3-17(4-2)11-5-6-18(9-11)13-12(15)7-10(14)8-16-13/h7-8,11H,3-6,9,15H2,1-2H3. The molecule has 1 fully saturated rings. The van der Waals surface area contributed by atoms with E-state index >= 15 is 0 Å². The lowest BCUT2D eigenvalue weighted by Crippen LogP contribution is -2.37. The van der Waals surface area contributed by atoms with Crippen molar-refractivity contribution >= 4 is 23.1 Å². The van der Waals surface area contributed by atoms with Gasteiger partial charge in [-0.25, -0.2) is 4.98 Å². The van der Waals surface area contributed by atoms with Crippen molar-refractivity contribution < 1.29 is 0 Å². The maximum atomic E-state index is 5.99. The van der Waals surface area contributed by atoms with E-state index in [-0.39, 0.29) is 0 Å². The Labute approximate surface area is 114 Å². The number of anilines is 2. The second kappa shape index (κ2) is 5.76. The molecule has 4 nitrogen and oxygen atoms in total. The molecule has 0 spiro atoms. The number of aromatic nitrogens is 1. The first-order valence-electron chi connectivity index (χ1n) is 6.55. The molecule has 0 aliphatic carbocycles. The number of hydrogen-bond donors (Lipinski definition) is 1. The monoisotopic (exact) mass is 268 g/mol. The van der Waals surface area contributed by atoms with Gasteiger partial charge in [0.05, 0.1) is 10.7 Å². The van der Waals surface area contributed by atoms with E-state index in [9.17, 15) is 0 Å². The molecule has 1 aromatic heterocycles. The minimum absolute atomic E-state index is 0.593. The fraction of sp³-hybridized carbons (Fsp3) is 0.615. The van der Waals surface area contributed by atoms with Crippen LogP contribution in [-0.2, 0) is 0 Å². The van der Waals surface area contributed by atoms with Crippen LogP contribution in [0.1, 0.15) is 20.3 Å². The van der Waals surface area contributed by atoms with E-state index in [1.165, 1.54) is 6.42 Å². The van der Waals surface area contributed by atoms with Gasteiger partial charge in [-0.15, -0.1) is 0 Å². The highest BCUT2D eigenvalue weighted by atomic mass is 35.5. The molecule has 0 amide bonds. The second-order valence-electron chi connectivity index (χ2n) is 4.68. The Hall–Kier alpha value is -1.00. The molecule has 1 aliphatic heterocycles. The summed E-state index contributed by atoms with van der Waals surface area (Å²) in [5.74, 6) is 0.869. The maximum absolute atomic E-state index is 5.99. The Morgan fingerprint density at radius 1 is 1.50 bits per heavy atom. The highest BCUT2D eigenvalue weighted by Gasteiger charge is 2.27. The summed E-state index contributed by atoms with van der Waals surface area (Å²) in [4.78, 5) is 9.11. The second-order valence-corrected chi connectivity index (χ2v) is 5.11. The molecular formula is C13H21ClN4. The number of rotatable bonds is 4. The number of hydrogen-bond acceptors (Lipinski definition) is 4. The predicted molar refractivity (Wildman–Crippen MR) is 77.2 cm³/mol. The van der Waals surface area contributed by atoms with Crippen LogP contribution in [0, 0.1) is 0 Å². The Kier molecular flexibility index (Phi) is 4.30. The third kappa shape index (κ3) is 2.70. The minimum atomic E-state index is 0.593. The molecule has 2 rings (SSSR count). The van der Waals surface area contributed by atoms with E-state index in [1.54, 1.807) is 12.3 Å². The first-order chi connectivity index (χ1) is 8.65. The molecule has 0 aromatic carbocycles. The minimum Gasteiger partial charge on any atom is -0.396 e. The summed E-state index contributed by atoms with van der Waals surface area (Å²) < 4.78 is 0. The van der Waals surface area contributed by atoms with Gasteiger partial charge in [0.1, 0.15) is 0 Å². The Balaban J connectivity index is 2.08. The molecule has 5 heteroatoms. The summed E-state index contributed by atoms with van der Waals surface area (Å²) in [5.41, 5.74) is 6.65. The van der Waals surface area contributed by atoms with Crippen molar-refractivity contribution in [2.24, 2.45) is 0 Å². The number of pyridine rings is 1. The van der Waals surface area contributed by atoms with Crippen LogP contribution >= 0.6 is 11.6 Å². The van der Waals surface area contributed by atoms with Crippen LogP contribution in [0.5, 0.6) is 0 Å². The molecular weight excluding hydrogens is 248 g/mol. The van der Waals surface area contributed by atoms with E-state index in [0.717, 1.165) is 32.0 Å². The first-order valence-corrected chi connectivity index (χ1v) is 6.93. The van der Waals surface area contributed by atoms with Gasteiger partial charge < -0.3 is 10.6 Å². The van der Waals surface area contributed by atoms with Gasteiger partial charge in [0.2, 0.25) is 0 Å². The highest BCUT2D eigenvalue weighted by Crippen LogP contribution is 2.27. The molecule has 1 unspecified atom stereocenters. The molecule has 18 heavy (non-hydrogen) atoms. The Morgan fingerprint density at radius 2 is 2.22 bits per heavy atom. The largest absolute Gasteiger partial charge is 0.396 e. The highest BCUT2D eigenvalue weighted by molar-refractivity contribution is 6.30. The van der Waals surface area contributed by atoms with Gasteiger partial charge in [0.15, 0.2) is 5.82 Å². The van der Waals surface area contributed by atoms with E-state index in [4.69, 9.17) is 17.3 Å². The van der Waals surface area contributed by atoms with E-state index in [1.807, 2.05) is 0 Å². The maximum Gasteiger partial charge on any atom is 0.151 e. The normalized spacial score (nSPS) is 19.8. The molecule has 1 atom stereocenters. The van der Waals surface area contributed by atoms with Crippen LogP contribution in [-0.4, -0.2) is 42.1 Å². The van der Waals surface area contributed by atoms with Crippen molar-refractivity contribution in [2.75, 3.05) is 36.8 Å². The van der Waals surface area contributed by atoms with Crippen molar-refractivity contribution in [1.82, 2.24) is 9.88 Å². The van der Waals surface area contributed by atoms with E-state index < -0.39 is 0 Å². The average Bonchev–Trinajstić information content (AvgIpc) is 2.80. The van der Waals surface area contributed by atoms with Gasteiger partial charge in [-0.05, 0) is 25.6 Å². The fourth-order valence-corrected chi connectivity index (χ4v) is 2.85. The van der Waals surface area contributed by atoms with Gasteiger partial charge in [0.25, 0.3) is 0 Å². The topological polar surface area (TPSA) is 45.4 Å². The van der Waals surface area contributed by atoms with Gasteiger partial charge in [-0.3, -0.25) is 4.90 Å². The average molecular weight is 269 g/mol. The quantitative estimate of drug-likeness (QED) is 0.910. The SMILES string of the molecule is CCN(CC)C1CCN(c2ncc(Cl)cc2N)C1. The fourth-order valence-electron chi connectivity index (χ4n) is 2.68. The molecule has 1 aromatic rings. The summed E-state index contributed by atoms with van der Waals surface area (Å²) in [5, 5.41) is 0.593. The predicted octanol–water partition coefficient (Wildman–Crippen LogP) is 2.24.